The first-order valence-corrected chi connectivity index (χ1v) is 6.86. The highest BCUT2D eigenvalue weighted by atomic mass is 19.4. The maximum atomic E-state index is 12.6. The Hall–Kier alpha value is -3.50. The van der Waals surface area contributed by atoms with Crippen molar-refractivity contribution in [1.82, 2.24) is 29.4 Å². The number of halogens is 3. The quantitative estimate of drug-likeness (QED) is 0.548. The lowest BCUT2D eigenvalue weighted by Crippen LogP contribution is -2.20. The molecule has 4 rings (SSSR count). The first-order chi connectivity index (χ1) is 11.9. The van der Waals surface area contributed by atoms with Gasteiger partial charge in [0.25, 0.3) is 11.3 Å². The molecule has 0 spiro atoms. The van der Waals surface area contributed by atoms with E-state index < -0.39 is 11.9 Å². The van der Waals surface area contributed by atoms with Crippen LogP contribution in [0.1, 0.15) is 0 Å². The number of fused-ring (bicyclic) bond motifs is 3. The van der Waals surface area contributed by atoms with Crippen molar-refractivity contribution in [2.75, 3.05) is 0 Å². The van der Waals surface area contributed by atoms with Crippen LogP contribution in [0.5, 0.6) is 5.75 Å². The molecule has 0 aliphatic heterocycles. The second-order valence-corrected chi connectivity index (χ2v) is 4.94. The van der Waals surface area contributed by atoms with Crippen molar-refractivity contribution in [2.24, 2.45) is 0 Å². The maximum absolute atomic E-state index is 12.6. The summed E-state index contributed by atoms with van der Waals surface area (Å²) in [5.74, 6) is -0.132. The number of aromatic nitrogens is 6. The molecule has 126 valence electrons. The molecular weight excluding hydrogens is 341 g/mol. The number of ether oxygens (including phenoxy) is 1. The Morgan fingerprint density at radius 2 is 1.80 bits per heavy atom. The number of alkyl halides is 3. The number of nitrogens with zero attached hydrogens (tertiary/aromatic N) is 6. The van der Waals surface area contributed by atoms with E-state index in [1.807, 2.05) is 0 Å². The molecule has 25 heavy (non-hydrogen) atoms. The summed E-state index contributed by atoms with van der Waals surface area (Å²) < 4.78 is 43.0. The summed E-state index contributed by atoms with van der Waals surface area (Å²) in [5, 5.41) is 11.6. The predicted molar refractivity (Wildman–Crippen MR) is 78.4 cm³/mol. The summed E-state index contributed by atoms with van der Waals surface area (Å²) in [6.07, 6.45) is -2.03. The lowest BCUT2D eigenvalue weighted by atomic mass is 10.3. The van der Waals surface area contributed by atoms with E-state index in [0.717, 1.165) is 12.1 Å². The van der Waals surface area contributed by atoms with Crippen molar-refractivity contribution in [3.05, 3.63) is 53.2 Å². The number of rotatable bonds is 2. The van der Waals surface area contributed by atoms with Gasteiger partial charge >= 0.3 is 6.36 Å². The monoisotopic (exact) mass is 348 g/mol. The van der Waals surface area contributed by atoms with Gasteiger partial charge in [0.1, 0.15) is 17.6 Å². The molecular formula is C14H7F3N6O2. The second-order valence-electron chi connectivity index (χ2n) is 4.94. The number of hydrogen-bond acceptors (Lipinski definition) is 6. The van der Waals surface area contributed by atoms with Crippen LogP contribution in [0.3, 0.4) is 0 Å². The standard InChI is InChI=1S/C14H7F3N6O2/c15-14(16,17)25-9-3-1-8(2-4-9)22-6-5-10-11(12(22)24)20-21-13-18-7-19-23(10)13/h1-7H. The summed E-state index contributed by atoms with van der Waals surface area (Å²) in [4.78, 5) is 16.5. The summed E-state index contributed by atoms with van der Waals surface area (Å²) >= 11 is 0. The minimum absolute atomic E-state index is 0.0520. The molecule has 11 heteroatoms. The fourth-order valence-corrected chi connectivity index (χ4v) is 2.36. The first kappa shape index (κ1) is 15.1. The fourth-order valence-electron chi connectivity index (χ4n) is 2.36. The smallest absolute Gasteiger partial charge is 0.406 e. The van der Waals surface area contributed by atoms with Gasteiger partial charge in [-0.25, -0.2) is 0 Å². The average Bonchev–Trinajstić information content (AvgIpc) is 3.04. The van der Waals surface area contributed by atoms with Gasteiger partial charge in [-0.2, -0.15) is 14.6 Å². The van der Waals surface area contributed by atoms with Crippen LogP contribution in [-0.2, 0) is 0 Å². The fraction of sp³-hybridized carbons (Fsp3) is 0.0714. The normalized spacial score (nSPS) is 12.0. The maximum Gasteiger partial charge on any atom is 0.573 e. The predicted octanol–water partition coefficient (Wildman–Crippen LogP) is 1.72. The lowest BCUT2D eigenvalue weighted by Gasteiger charge is -2.10. The third-order valence-electron chi connectivity index (χ3n) is 3.39. The van der Waals surface area contributed by atoms with Crippen LogP contribution in [0.15, 0.2) is 47.7 Å². The third-order valence-corrected chi connectivity index (χ3v) is 3.39. The van der Waals surface area contributed by atoms with E-state index in [-0.39, 0.29) is 17.0 Å². The van der Waals surface area contributed by atoms with Gasteiger partial charge in [-0.3, -0.25) is 9.36 Å². The zero-order valence-corrected chi connectivity index (χ0v) is 12.2. The van der Waals surface area contributed by atoms with Crippen LogP contribution in [-0.4, -0.2) is 35.7 Å². The largest absolute Gasteiger partial charge is 0.573 e. The molecule has 1 aromatic carbocycles. The van der Waals surface area contributed by atoms with Crippen LogP contribution in [0.25, 0.3) is 22.5 Å². The van der Waals surface area contributed by atoms with E-state index in [1.165, 1.54) is 33.7 Å². The highest BCUT2D eigenvalue weighted by molar-refractivity contribution is 5.74. The Morgan fingerprint density at radius 1 is 1.04 bits per heavy atom. The summed E-state index contributed by atoms with van der Waals surface area (Å²) in [5.41, 5.74) is 0.325. The van der Waals surface area contributed by atoms with Gasteiger partial charge in [-0.05, 0) is 30.3 Å². The summed E-state index contributed by atoms with van der Waals surface area (Å²) in [6, 6.07) is 6.48. The van der Waals surface area contributed by atoms with Crippen LogP contribution in [0, 0.1) is 0 Å². The van der Waals surface area contributed by atoms with Crippen molar-refractivity contribution in [3.63, 3.8) is 0 Å². The molecule has 0 unspecified atom stereocenters. The van der Waals surface area contributed by atoms with Crippen LogP contribution in [0.2, 0.25) is 0 Å². The molecule has 0 aliphatic carbocycles. The molecule has 0 fully saturated rings. The highest BCUT2D eigenvalue weighted by Crippen LogP contribution is 2.23. The summed E-state index contributed by atoms with van der Waals surface area (Å²) in [6.45, 7) is 0. The molecule has 0 amide bonds. The van der Waals surface area contributed by atoms with Gasteiger partial charge in [-0.15, -0.1) is 23.4 Å². The Labute approximate surface area is 136 Å². The minimum Gasteiger partial charge on any atom is -0.406 e. The highest BCUT2D eigenvalue weighted by Gasteiger charge is 2.31. The number of hydrogen-bond donors (Lipinski definition) is 0. The van der Waals surface area contributed by atoms with E-state index in [9.17, 15) is 18.0 Å². The average molecular weight is 348 g/mol. The summed E-state index contributed by atoms with van der Waals surface area (Å²) in [7, 11) is 0. The molecule has 0 saturated carbocycles. The zero-order valence-electron chi connectivity index (χ0n) is 12.2. The molecule has 0 atom stereocenters. The van der Waals surface area contributed by atoms with Gasteiger partial charge in [0, 0.05) is 11.9 Å². The van der Waals surface area contributed by atoms with E-state index >= 15 is 0 Å². The first-order valence-electron chi connectivity index (χ1n) is 6.86. The van der Waals surface area contributed by atoms with Crippen LogP contribution >= 0.6 is 0 Å². The van der Waals surface area contributed by atoms with Gasteiger partial charge in [0.05, 0.1) is 0 Å². The van der Waals surface area contributed by atoms with Crippen molar-refractivity contribution >= 4 is 16.8 Å². The van der Waals surface area contributed by atoms with Crippen molar-refractivity contribution in [3.8, 4) is 11.4 Å². The third kappa shape index (κ3) is 2.65. The Morgan fingerprint density at radius 3 is 2.52 bits per heavy atom. The second kappa shape index (κ2) is 5.26. The Bertz CT molecular complexity index is 1130. The van der Waals surface area contributed by atoms with E-state index in [4.69, 9.17) is 0 Å². The van der Waals surface area contributed by atoms with Gasteiger partial charge < -0.3 is 4.74 Å². The zero-order chi connectivity index (χ0) is 17.6. The molecule has 3 aromatic heterocycles. The van der Waals surface area contributed by atoms with Gasteiger partial charge in [-0.1, -0.05) is 0 Å². The topological polar surface area (TPSA) is 87.2 Å². The van der Waals surface area contributed by atoms with Crippen molar-refractivity contribution < 1.29 is 17.9 Å². The molecule has 0 saturated heterocycles. The van der Waals surface area contributed by atoms with Gasteiger partial charge in [0.2, 0.25) is 0 Å². The van der Waals surface area contributed by atoms with Crippen molar-refractivity contribution in [2.45, 2.75) is 6.36 Å². The Balaban J connectivity index is 1.80. The van der Waals surface area contributed by atoms with Crippen LogP contribution < -0.4 is 10.3 Å². The Kier molecular flexibility index (Phi) is 3.17. The minimum atomic E-state index is -4.78. The molecule has 0 N–H and O–H groups in total. The van der Waals surface area contributed by atoms with Crippen molar-refractivity contribution in [1.29, 1.82) is 0 Å². The molecule has 0 bridgehead atoms. The molecule has 4 aromatic rings. The van der Waals surface area contributed by atoms with Crippen LogP contribution in [0.4, 0.5) is 13.2 Å². The van der Waals surface area contributed by atoms with E-state index in [0.29, 0.717) is 11.2 Å². The lowest BCUT2D eigenvalue weighted by molar-refractivity contribution is -0.274. The SMILES string of the molecule is O=c1c2nnc3ncnn3c2ccn1-c1ccc(OC(F)(F)F)cc1. The van der Waals surface area contributed by atoms with E-state index in [2.05, 4.69) is 25.0 Å². The van der Waals surface area contributed by atoms with Gasteiger partial charge in [0.15, 0.2) is 5.52 Å². The molecule has 0 aliphatic rings. The number of benzene rings is 1. The molecule has 3 heterocycles. The molecule has 8 nitrogen and oxygen atoms in total. The molecule has 0 radical (unpaired) electrons. The number of pyridine rings is 1. The van der Waals surface area contributed by atoms with E-state index in [1.54, 1.807) is 6.07 Å².